The summed E-state index contributed by atoms with van der Waals surface area (Å²) in [6.07, 6.45) is 1.91. The second-order valence-corrected chi connectivity index (χ2v) is 7.57. The van der Waals surface area contributed by atoms with Gasteiger partial charge in [-0.05, 0) is 58.3 Å². The predicted octanol–water partition coefficient (Wildman–Crippen LogP) is 5.81. The standard InChI is InChI=1S/C23H17NS/c1-16-19(13-15-25-16)23(22-12-6-7-14-24-22)20-10-4-2-8-17(20)18-9-3-5-11-21(18)23/h2-15H,1H3. The molecule has 0 bridgehead atoms. The molecule has 2 heterocycles. The summed E-state index contributed by atoms with van der Waals surface area (Å²) < 4.78 is 0. The molecule has 0 saturated heterocycles. The fourth-order valence-electron chi connectivity index (χ4n) is 4.30. The van der Waals surface area contributed by atoms with Gasteiger partial charge in [0, 0.05) is 11.1 Å². The molecule has 25 heavy (non-hydrogen) atoms. The maximum atomic E-state index is 4.83. The highest BCUT2D eigenvalue weighted by molar-refractivity contribution is 7.10. The smallest absolute Gasteiger partial charge is 0.0896 e. The quantitative estimate of drug-likeness (QED) is 0.395. The highest BCUT2D eigenvalue weighted by Crippen LogP contribution is 2.56. The van der Waals surface area contributed by atoms with Crippen LogP contribution in [0, 0.1) is 6.92 Å². The molecule has 0 spiro atoms. The van der Waals surface area contributed by atoms with Crippen molar-refractivity contribution in [1.82, 2.24) is 4.98 Å². The Balaban J connectivity index is 2.00. The van der Waals surface area contributed by atoms with E-state index in [0.29, 0.717) is 0 Å². The molecule has 0 fully saturated rings. The summed E-state index contributed by atoms with van der Waals surface area (Å²) in [5.41, 5.74) is 7.39. The summed E-state index contributed by atoms with van der Waals surface area (Å²) in [6.45, 7) is 2.22. The number of nitrogens with zero attached hydrogens (tertiary/aromatic N) is 1. The summed E-state index contributed by atoms with van der Waals surface area (Å²) in [7, 11) is 0. The number of rotatable bonds is 2. The van der Waals surface area contributed by atoms with Gasteiger partial charge < -0.3 is 0 Å². The minimum absolute atomic E-state index is 0.335. The van der Waals surface area contributed by atoms with Gasteiger partial charge in [-0.3, -0.25) is 4.98 Å². The Morgan fingerprint density at radius 2 is 1.36 bits per heavy atom. The van der Waals surface area contributed by atoms with Gasteiger partial charge in [-0.1, -0.05) is 54.6 Å². The van der Waals surface area contributed by atoms with E-state index in [1.165, 1.54) is 32.7 Å². The number of aryl methyl sites for hydroxylation is 1. The van der Waals surface area contributed by atoms with Gasteiger partial charge >= 0.3 is 0 Å². The van der Waals surface area contributed by atoms with E-state index < -0.39 is 0 Å². The Morgan fingerprint density at radius 1 is 0.720 bits per heavy atom. The van der Waals surface area contributed by atoms with Crippen molar-refractivity contribution < 1.29 is 0 Å². The van der Waals surface area contributed by atoms with Crippen LogP contribution in [0.25, 0.3) is 11.1 Å². The van der Waals surface area contributed by atoms with Crippen molar-refractivity contribution in [3.63, 3.8) is 0 Å². The SMILES string of the molecule is Cc1sccc1C1(c2ccccn2)c2ccccc2-c2ccccc21. The fourth-order valence-corrected chi connectivity index (χ4v) is 5.05. The zero-order chi connectivity index (χ0) is 16.9. The van der Waals surface area contributed by atoms with Gasteiger partial charge in [-0.25, -0.2) is 0 Å². The average molecular weight is 339 g/mol. The number of aromatic nitrogens is 1. The van der Waals surface area contributed by atoms with Crippen LogP contribution in [0.4, 0.5) is 0 Å². The van der Waals surface area contributed by atoms with Crippen LogP contribution >= 0.6 is 11.3 Å². The predicted molar refractivity (Wildman–Crippen MR) is 104 cm³/mol. The molecule has 2 heteroatoms. The van der Waals surface area contributed by atoms with Gasteiger partial charge in [-0.15, -0.1) is 11.3 Å². The zero-order valence-corrected chi connectivity index (χ0v) is 14.8. The first-order valence-electron chi connectivity index (χ1n) is 8.49. The number of hydrogen-bond acceptors (Lipinski definition) is 2. The number of thiophene rings is 1. The summed E-state index contributed by atoms with van der Waals surface area (Å²) in [6, 6.07) is 26.1. The van der Waals surface area contributed by atoms with E-state index in [1.54, 1.807) is 11.3 Å². The van der Waals surface area contributed by atoms with Gasteiger partial charge in [0.05, 0.1) is 11.1 Å². The molecule has 0 atom stereocenters. The molecule has 1 nitrogen and oxygen atoms in total. The Bertz CT molecular complexity index is 1020. The summed E-state index contributed by atoms with van der Waals surface area (Å²) in [4.78, 5) is 6.18. The third-order valence-electron chi connectivity index (χ3n) is 5.26. The van der Waals surface area contributed by atoms with Gasteiger partial charge in [-0.2, -0.15) is 0 Å². The summed E-state index contributed by atoms with van der Waals surface area (Å²) in [5.74, 6) is 0. The molecule has 0 radical (unpaired) electrons. The molecule has 2 aromatic carbocycles. The number of pyridine rings is 1. The Kier molecular flexibility index (Phi) is 3.16. The van der Waals surface area contributed by atoms with Gasteiger partial charge in [0.2, 0.25) is 0 Å². The van der Waals surface area contributed by atoms with Gasteiger partial charge in [0.1, 0.15) is 0 Å². The molecule has 2 aromatic heterocycles. The van der Waals surface area contributed by atoms with Crippen LogP contribution in [0.1, 0.15) is 27.3 Å². The lowest BCUT2D eigenvalue weighted by Gasteiger charge is -2.32. The van der Waals surface area contributed by atoms with E-state index in [1.807, 2.05) is 12.3 Å². The third-order valence-corrected chi connectivity index (χ3v) is 6.11. The van der Waals surface area contributed by atoms with E-state index in [9.17, 15) is 0 Å². The van der Waals surface area contributed by atoms with Crippen molar-refractivity contribution >= 4 is 11.3 Å². The van der Waals surface area contributed by atoms with Crippen LogP contribution in [0.2, 0.25) is 0 Å². The topological polar surface area (TPSA) is 12.9 Å². The van der Waals surface area contributed by atoms with E-state index >= 15 is 0 Å². The summed E-state index contributed by atoms with van der Waals surface area (Å²) >= 11 is 1.81. The molecular weight excluding hydrogens is 322 g/mol. The lowest BCUT2D eigenvalue weighted by molar-refractivity contribution is 0.733. The van der Waals surface area contributed by atoms with Crippen molar-refractivity contribution in [1.29, 1.82) is 0 Å². The fraction of sp³-hybridized carbons (Fsp3) is 0.0870. The lowest BCUT2D eigenvalue weighted by atomic mass is 9.70. The molecule has 0 amide bonds. The molecule has 0 aliphatic heterocycles. The van der Waals surface area contributed by atoms with Crippen LogP contribution < -0.4 is 0 Å². The van der Waals surface area contributed by atoms with Crippen LogP contribution in [-0.4, -0.2) is 4.98 Å². The Hall–Kier alpha value is -2.71. The van der Waals surface area contributed by atoms with E-state index in [0.717, 1.165) is 5.69 Å². The summed E-state index contributed by atoms with van der Waals surface area (Å²) in [5, 5.41) is 2.19. The lowest BCUT2D eigenvalue weighted by Crippen LogP contribution is -2.29. The first kappa shape index (κ1) is 14.6. The van der Waals surface area contributed by atoms with Crippen LogP contribution in [0.5, 0.6) is 0 Å². The zero-order valence-electron chi connectivity index (χ0n) is 13.9. The molecule has 0 unspecified atom stereocenters. The first-order chi connectivity index (χ1) is 12.3. The minimum atomic E-state index is -0.335. The van der Waals surface area contributed by atoms with Gasteiger partial charge in [0.15, 0.2) is 0 Å². The monoisotopic (exact) mass is 339 g/mol. The van der Waals surface area contributed by atoms with Crippen molar-refractivity contribution in [3.8, 4) is 11.1 Å². The largest absolute Gasteiger partial charge is 0.260 e. The molecule has 1 aliphatic carbocycles. The molecule has 1 aliphatic rings. The van der Waals surface area contributed by atoms with E-state index in [-0.39, 0.29) is 5.41 Å². The molecule has 0 N–H and O–H groups in total. The maximum absolute atomic E-state index is 4.83. The van der Waals surface area contributed by atoms with E-state index in [4.69, 9.17) is 4.98 Å². The second-order valence-electron chi connectivity index (χ2n) is 6.45. The third kappa shape index (κ3) is 1.86. The first-order valence-corrected chi connectivity index (χ1v) is 9.37. The van der Waals surface area contributed by atoms with Crippen LogP contribution in [-0.2, 0) is 5.41 Å². The number of fused-ring (bicyclic) bond motifs is 3. The second kappa shape index (κ2) is 5.40. The van der Waals surface area contributed by atoms with Crippen molar-refractivity contribution in [2.45, 2.75) is 12.3 Å². The average Bonchev–Trinajstić information content (AvgIpc) is 3.22. The normalized spacial score (nSPS) is 14.1. The molecular formula is C23H17NS. The molecule has 120 valence electrons. The highest BCUT2D eigenvalue weighted by Gasteiger charge is 2.47. The Labute approximate surface area is 151 Å². The molecule has 5 rings (SSSR count). The highest BCUT2D eigenvalue weighted by atomic mass is 32.1. The Morgan fingerprint density at radius 3 is 1.92 bits per heavy atom. The molecule has 4 aromatic rings. The van der Waals surface area contributed by atoms with Crippen LogP contribution in [0.15, 0.2) is 84.4 Å². The molecule has 0 saturated carbocycles. The number of benzene rings is 2. The van der Waals surface area contributed by atoms with Crippen molar-refractivity contribution in [2.75, 3.05) is 0 Å². The number of hydrogen-bond donors (Lipinski definition) is 0. The van der Waals surface area contributed by atoms with Crippen LogP contribution in [0.3, 0.4) is 0 Å². The maximum Gasteiger partial charge on any atom is 0.0896 e. The minimum Gasteiger partial charge on any atom is -0.260 e. The van der Waals surface area contributed by atoms with E-state index in [2.05, 4.69) is 79.0 Å². The van der Waals surface area contributed by atoms with Gasteiger partial charge in [0.25, 0.3) is 0 Å². The van der Waals surface area contributed by atoms with Crippen molar-refractivity contribution in [3.05, 3.63) is 112 Å². The van der Waals surface area contributed by atoms with Crippen molar-refractivity contribution in [2.24, 2.45) is 0 Å².